The summed E-state index contributed by atoms with van der Waals surface area (Å²) in [5.41, 5.74) is 1.46. The van der Waals surface area contributed by atoms with Crippen LogP contribution in [0.3, 0.4) is 0 Å². The lowest BCUT2D eigenvalue weighted by Gasteiger charge is -2.20. The number of halogens is 1. The van der Waals surface area contributed by atoms with E-state index >= 15 is 0 Å². The van der Waals surface area contributed by atoms with Crippen molar-refractivity contribution >= 4 is 33.2 Å². The second kappa shape index (κ2) is 9.92. The molecule has 0 aromatic heterocycles. The summed E-state index contributed by atoms with van der Waals surface area (Å²) in [5, 5.41) is 3.27. The van der Waals surface area contributed by atoms with Gasteiger partial charge in [0.2, 0.25) is 16.8 Å². The average Bonchev–Trinajstić information content (AvgIpc) is 3.28. The molecular weight excluding hydrogens is 480 g/mol. The van der Waals surface area contributed by atoms with Crippen molar-refractivity contribution in [2.45, 2.75) is 18.4 Å². The Morgan fingerprint density at radius 1 is 1.06 bits per heavy atom. The van der Waals surface area contributed by atoms with E-state index in [2.05, 4.69) is 5.32 Å². The summed E-state index contributed by atoms with van der Waals surface area (Å²) in [7, 11) is -2.31. The fourth-order valence-electron chi connectivity index (χ4n) is 3.43. The first-order chi connectivity index (χ1) is 16.3. The number of hydrogen-bond donors (Lipinski definition) is 1. The van der Waals surface area contributed by atoms with Crippen LogP contribution in [0.2, 0.25) is 5.02 Å². The Labute approximate surface area is 203 Å². The Balaban J connectivity index is 1.56. The molecule has 0 saturated heterocycles. The number of nitrogens with zero attached hydrogens (tertiary/aromatic N) is 1. The van der Waals surface area contributed by atoms with Crippen molar-refractivity contribution in [1.29, 1.82) is 0 Å². The van der Waals surface area contributed by atoms with Crippen LogP contribution < -0.4 is 19.5 Å². The second-order valence-electron chi connectivity index (χ2n) is 7.49. The van der Waals surface area contributed by atoms with Crippen LogP contribution in [0.1, 0.15) is 22.8 Å². The highest BCUT2D eigenvalue weighted by molar-refractivity contribution is 7.89. The zero-order valence-electron chi connectivity index (χ0n) is 18.6. The van der Waals surface area contributed by atoms with Gasteiger partial charge in [-0.2, -0.15) is 4.31 Å². The summed E-state index contributed by atoms with van der Waals surface area (Å²) >= 11 is 5.88. The van der Waals surface area contributed by atoms with Crippen molar-refractivity contribution in [2.75, 3.05) is 25.8 Å². The van der Waals surface area contributed by atoms with Gasteiger partial charge in [0, 0.05) is 41.5 Å². The molecule has 0 aliphatic carbocycles. The van der Waals surface area contributed by atoms with Crippen LogP contribution in [0.5, 0.6) is 17.2 Å². The van der Waals surface area contributed by atoms with Crippen LogP contribution >= 0.6 is 11.6 Å². The van der Waals surface area contributed by atoms with E-state index in [-0.39, 0.29) is 24.1 Å². The molecule has 1 aliphatic rings. The quantitative estimate of drug-likeness (QED) is 0.486. The van der Waals surface area contributed by atoms with Gasteiger partial charge in [-0.25, -0.2) is 8.42 Å². The zero-order chi connectivity index (χ0) is 24.3. The predicted molar refractivity (Wildman–Crippen MR) is 128 cm³/mol. The highest BCUT2D eigenvalue weighted by Crippen LogP contribution is 2.34. The summed E-state index contributed by atoms with van der Waals surface area (Å²) in [5.74, 6) is 1.32. The molecule has 0 fully saturated rings. The molecule has 1 aliphatic heterocycles. The highest BCUT2D eigenvalue weighted by atomic mass is 35.5. The number of ether oxygens (including phenoxy) is 3. The van der Waals surface area contributed by atoms with Gasteiger partial charge in [-0.1, -0.05) is 11.6 Å². The van der Waals surface area contributed by atoms with Crippen molar-refractivity contribution in [1.82, 2.24) is 4.31 Å². The molecule has 0 spiro atoms. The molecule has 0 saturated carbocycles. The first-order valence-corrected chi connectivity index (χ1v) is 12.3. The van der Waals surface area contributed by atoms with E-state index < -0.39 is 10.0 Å². The molecule has 34 heavy (non-hydrogen) atoms. The number of sulfonamides is 1. The number of rotatable bonds is 8. The fourth-order valence-corrected chi connectivity index (χ4v) is 4.70. The van der Waals surface area contributed by atoms with Gasteiger partial charge in [0.25, 0.3) is 5.91 Å². The number of nitrogens with one attached hydrogen (secondary N) is 1. The van der Waals surface area contributed by atoms with Gasteiger partial charge in [-0.3, -0.25) is 4.79 Å². The largest absolute Gasteiger partial charge is 0.494 e. The SMILES string of the molecule is CCOc1ccc(C(=O)Nc2ccc3c(c2)OCO3)cc1CN(C)S(=O)(=O)c1ccc(Cl)cc1. The van der Waals surface area contributed by atoms with Crippen LogP contribution in [0.25, 0.3) is 0 Å². The van der Waals surface area contributed by atoms with Gasteiger partial charge >= 0.3 is 0 Å². The van der Waals surface area contributed by atoms with Crippen LogP contribution in [0.15, 0.2) is 65.6 Å². The number of carbonyl (C=O) groups excluding carboxylic acids is 1. The third-order valence-corrected chi connectivity index (χ3v) is 7.24. The van der Waals surface area contributed by atoms with Crippen LogP contribution in [-0.2, 0) is 16.6 Å². The molecule has 178 valence electrons. The zero-order valence-corrected chi connectivity index (χ0v) is 20.2. The van der Waals surface area contributed by atoms with Gasteiger partial charge in [0.1, 0.15) is 5.75 Å². The monoisotopic (exact) mass is 502 g/mol. The number of amides is 1. The molecule has 1 N–H and O–H groups in total. The molecule has 0 unspecified atom stereocenters. The molecule has 1 amide bonds. The van der Waals surface area contributed by atoms with E-state index in [4.69, 9.17) is 25.8 Å². The Hall–Kier alpha value is -3.27. The van der Waals surface area contributed by atoms with Gasteiger partial charge in [-0.05, 0) is 61.5 Å². The lowest BCUT2D eigenvalue weighted by molar-refractivity contribution is 0.102. The molecule has 1 heterocycles. The maximum atomic E-state index is 13.0. The number of fused-ring (bicyclic) bond motifs is 1. The molecular formula is C24H23ClN2O6S. The smallest absolute Gasteiger partial charge is 0.255 e. The maximum absolute atomic E-state index is 13.0. The molecule has 0 atom stereocenters. The third-order valence-electron chi connectivity index (χ3n) is 5.17. The molecule has 0 bridgehead atoms. The van der Waals surface area contributed by atoms with Crippen molar-refractivity contribution in [3.63, 3.8) is 0 Å². The molecule has 3 aromatic rings. The first-order valence-electron chi connectivity index (χ1n) is 10.5. The minimum atomic E-state index is -3.78. The lowest BCUT2D eigenvalue weighted by atomic mass is 10.1. The highest BCUT2D eigenvalue weighted by Gasteiger charge is 2.23. The van der Waals surface area contributed by atoms with Crippen LogP contribution in [-0.4, -0.2) is 39.1 Å². The van der Waals surface area contributed by atoms with Crippen LogP contribution in [0, 0.1) is 0 Å². The predicted octanol–water partition coefficient (Wildman–Crippen LogP) is 4.54. The first kappa shape index (κ1) is 23.9. The molecule has 8 nitrogen and oxygen atoms in total. The number of benzene rings is 3. The van der Waals surface area contributed by atoms with E-state index in [1.807, 2.05) is 6.92 Å². The van der Waals surface area contributed by atoms with Gasteiger partial charge in [0.05, 0.1) is 11.5 Å². The second-order valence-corrected chi connectivity index (χ2v) is 9.97. The van der Waals surface area contributed by atoms with E-state index in [0.29, 0.717) is 45.7 Å². The van der Waals surface area contributed by atoms with E-state index in [1.54, 1.807) is 36.4 Å². The topological polar surface area (TPSA) is 94.2 Å². The average molecular weight is 503 g/mol. The summed E-state index contributed by atoms with van der Waals surface area (Å²) in [6.07, 6.45) is 0. The third kappa shape index (κ3) is 5.11. The molecule has 0 radical (unpaired) electrons. The lowest BCUT2D eigenvalue weighted by Crippen LogP contribution is -2.27. The standard InChI is InChI=1S/C24H23ClN2O6S/c1-3-31-21-10-4-16(24(28)26-19-7-11-22-23(13-19)33-15-32-22)12-17(21)14-27(2)34(29,30)20-8-5-18(25)6-9-20/h4-13H,3,14-15H2,1-2H3,(H,26,28). The summed E-state index contributed by atoms with van der Waals surface area (Å²) in [6.45, 7) is 2.37. The molecule has 4 rings (SSSR count). The van der Waals surface area contributed by atoms with Gasteiger partial charge in [-0.15, -0.1) is 0 Å². The van der Waals surface area contributed by atoms with Crippen molar-refractivity contribution in [3.05, 3.63) is 76.8 Å². The maximum Gasteiger partial charge on any atom is 0.255 e. The van der Waals surface area contributed by atoms with Gasteiger partial charge in [0.15, 0.2) is 11.5 Å². The Bertz CT molecular complexity index is 1310. The fraction of sp³-hybridized carbons (Fsp3) is 0.208. The molecule has 3 aromatic carbocycles. The number of hydrogen-bond acceptors (Lipinski definition) is 6. The minimum Gasteiger partial charge on any atom is -0.494 e. The normalized spacial score (nSPS) is 12.6. The minimum absolute atomic E-state index is 0.00539. The molecule has 10 heteroatoms. The van der Waals surface area contributed by atoms with E-state index in [9.17, 15) is 13.2 Å². The van der Waals surface area contributed by atoms with E-state index in [1.165, 1.54) is 35.6 Å². The Kier molecular flexibility index (Phi) is 6.97. The summed E-state index contributed by atoms with van der Waals surface area (Å²) in [6, 6.07) is 16.0. The Morgan fingerprint density at radius 2 is 1.79 bits per heavy atom. The van der Waals surface area contributed by atoms with Crippen molar-refractivity contribution < 1.29 is 27.4 Å². The van der Waals surface area contributed by atoms with Crippen molar-refractivity contribution in [2.24, 2.45) is 0 Å². The van der Waals surface area contributed by atoms with Gasteiger partial charge < -0.3 is 19.5 Å². The Morgan fingerprint density at radius 3 is 2.53 bits per heavy atom. The summed E-state index contributed by atoms with van der Waals surface area (Å²) in [4.78, 5) is 13.0. The summed E-state index contributed by atoms with van der Waals surface area (Å²) < 4.78 is 43.5. The van der Waals surface area contributed by atoms with E-state index in [0.717, 1.165) is 0 Å². The number of anilines is 1. The van der Waals surface area contributed by atoms with Crippen LogP contribution in [0.4, 0.5) is 5.69 Å². The number of carbonyl (C=O) groups is 1. The van der Waals surface area contributed by atoms with Crippen molar-refractivity contribution in [3.8, 4) is 17.2 Å².